The van der Waals surface area contributed by atoms with Gasteiger partial charge in [0.15, 0.2) is 11.5 Å². The van der Waals surface area contributed by atoms with Crippen molar-refractivity contribution in [3.05, 3.63) is 59.7 Å². The first-order chi connectivity index (χ1) is 13.2. The van der Waals surface area contributed by atoms with Gasteiger partial charge in [0.2, 0.25) is 0 Å². The molecule has 0 saturated heterocycles. The molecule has 0 aliphatic carbocycles. The van der Waals surface area contributed by atoms with Crippen LogP contribution in [0.25, 0.3) is 6.08 Å². The van der Waals surface area contributed by atoms with Gasteiger partial charge in [-0.15, -0.1) is 0 Å². The summed E-state index contributed by atoms with van der Waals surface area (Å²) in [5, 5.41) is 2.94. The Hall–Kier alpha value is -2.95. The van der Waals surface area contributed by atoms with E-state index < -0.39 is 0 Å². The van der Waals surface area contributed by atoms with Crippen molar-refractivity contribution < 1.29 is 19.0 Å². The predicted molar refractivity (Wildman–Crippen MR) is 108 cm³/mol. The van der Waals surface area contributed by atoms with Gasteiger partial charge in [-0.25, -0.2) is 0 Å². The zero-order valence-corrected chi connectivity index (χ0v) is 16.2. The second kappa shape index (κ2) is 10.9. The fraction of sp³-hybridized carbons (Fsp3) is 0.318. The van der Waals surface area contributed by atoms with E-state index in [2.05, 4.69) is 5.32 Å². The van der Waals surface area contributed by atoms with Crippen LogP contribution in [0.2, 0.25) is 0 Å². The minimum Gasteiger partial charge on any atom is -0.494 e. The quantitative estimate of drug-likeness (QED) is 0.634. The number of nitrogens with one attached hydrogen (secondary N) is 1. The van der Waals surface area contributed by atoms with E-state index in [9.17, 15) is 4.79 Å². The van der Waals surface area contributed by atoms with Gasteiger partial charge in [-0.05, 0) is 44.0 Å². The smallest absolute Gasteiger partial charge is 0.251 e. The molecule has 0 saturated carbocycles. The van der Waals surface area contributed by atoms with Gasteiger partial charge in [0, 0.05) is 17.7 Å². The largest absolute Gasteiger partial charge is 0.494 e. The third kappa shape index (κ3) is 6.06. The summed E-state index contributed by atoms with van der Waals surface area (Å²) in [6.45, 7) is 3.13. The normalized spacial score (nSPS) is 10.6. The topological polar surface area (TPSA) is 56.8 Å². The van der Waals surface area contributed by atoms with E-state index in [4.69, 9.17) is 14.2 Å². The molecule has 5 heteroatoms. The van der Waals surface area contributed by atoms with E-state index in [0.717, 1.165) is 24.2 Å². The average molecular weight is 369 g/mol. The lowest BCUT2D eigenvalue weighted by Crippen LogP contribution is -2.25. The van der Waals surface area contributed by atoms with Gasteiger partial charge in [-0.1, -0.05) is 30.4 Å². The molecule has 0 aliphatic rings. The first-order valence-electron chi connectivity index (χ1n) is 9.04. The standard InChI is InChI=1S/C22H27NO4/c1-4-10-17-15-18(16-20(25-2)21(17)26-3)22(24)23-13-8-9-14-27-19-11-6-5-7-12-19/h4-7,10-12,15-16H,8-9,13-14H2,1-3H3,(H,23,24)/b10-4+. The molecule has 2 aromatic carbocycles. The van der Waals surface area contributed by atoms with E-state index in [1.807, 2.05) is 49.4 Å². The van der Waals surface area contributed by atoms with Crippen LogP contribution in [0.4, 0.5) is 0 Å². The molecule has 1 N–H and O–H groups in total. The molecule has 0 radical (unpaired) electrons. The van der Waals surface area contributed by atoms with Crippen molar-refractivity contribution >= 4 is 12.0 Å². The molecular weight excluding hydrogens is 342 g/mol. The molecule has 0 heterocycles. The van der Waals surface area contributed by atoms with Gasteiger partial charge in [0.1, 0.15) is 5.75 Å². The number of carbonyl (C=O) groups excluding carboxylic acids is 1. The minimum atomic E-state index is -0.134. The summed E-state index contributed by atoms with van der Waals surface area (Å²) >= 11 is 0. The molecule has 0 bridgehead atoms. The fourth-order valence-corrected chi connectivity index (χ4v) is 2.67. The highest BCUT2D eigenvalue weighted by molar-refractivity contribution is 5.95. The van der Waals surface area contributed by atoms with Gasteiger partial charge in [-0.2, -0.15) is 0 Å². The van der Waals surface area contributed by atoms with Crippen molar-refractivity contribution in [3.8, 4) is 17.2 Å². The van der Waals surface area contributed by atoms with Gasteiger partial charge in [-0.3, -0.25) is 4.79 Å². The highest BCUT2D eigenvalue weighted by Gasteiger charge is 2.14. The van der Waals surface area contributed by atoms with Crippen LogP contribution in [0.3, 0.4) is 0 Å². The predicted octanol–water partition coefficient (Wildman–Crippen LogP) is 4.33. The lowest BCUT2D eigenvalue weighted by atomic mass is 10.1. The summed E-state index contributed by atoms with van der Waals surface area (Å²) in [7, 11) is 3.15. The zero-order chi connectivity index (χ0) is 19.5. The molecule has 0 aromatic heterocycles. The molecule has 1 amide bonds. The summed E-state index contributed by atoms with van der Waals surface area (Å²) < 4.78 is 16.4. The molecule has 5 nitrogen and oxygen atoms in total. The first kappa shape index (κ1) is 20.4. The molecule has 0 atom stereocenters. The Morgan fingerprint density at radius 2 is 1.85 bits per heavy atom. The number of benzene rings is 2. The van der Waals surface area contributed by atoms with Gasteiger partial charge >= 0.3 is 0 Å². The maximum atomic E-state index is 12.5. The SMILES string of the molecule is C/C=C/c1cc(C(=O)NCCCCOc2ccccc2)cc(OC)c1OC. The van der Waals surface area contributed by atoms with Crippen LogP contribution in [0.15, 0.2) is 48.5 Å². The monoisotopic (exact) mass is 369 g/mol. The van der Waals surface area contributed by atoms with Crippen molar-refractivity contribution in [1.29, 1.82) is 0 Å². The summed E-state index contributed by atoms with van der Waals surface area (Å²) in [5.74, 6) is 1.88. The molecule has 0 aliphatic heterocycles. The number of amides is 1. The highest BCUT2D eigenvalue weighted by atomic mass is 16.5. The summed E-state index contributed by atoms with van der Waals surface area (Å²) in [4.78, 5) is 12.5. The summed E-state index contributed by atoms with van der Waals surface area (Å²) in [6, 6.07) is 13.2. The molecule has 144 valence electrons. The molecule has 0 spiro atoms. The van der Waals surface area contributed by atoms with Crippen LogP contribution in [0.5, 0.6) is 17.2 Å². The van der Waals surface area contributed by atoms with Crippen LogP contribution in [-0.2, 0) is 0 Å². The molecule has 2 rings (SSSR count). The van der Waals surface area contributed by atoms with Gasteiger partial charge in [0.25, 0.3) is 5.91 Å². The van der Waals surface area contributed by atoms with Crippen molar-refractivity contribution in [3.63, 3.8) is 0 Å². The third-order valence-electron chi connectivity index (χ3n) is 3.98. The Morgan fingerprint density at radius 3 is 2.52 bits per heavy atom. The summed E-state index contributed by atoms with van der Waals surface area (Å²) in [6.07, 6.45) is 5.49. The van der Waals surface area contributed by atoms with Crippen molar-refractivity contribution in [2.45, 2.75) is 19.8 Å². The Bertz CT molecular complexity index is 756. The molecule has 27 heavy (non-hydrogen) atoms. The van der Waals surface area contributed by atoms with E-state index >= 15 is 0 Å². The number of allylic oxidation sites excluding steroid dienone is 1. The fourth-order valence-electron chi connectivity index (χ4n) is 2.67. The Balaban J connectivity index is 1.85. The number of methoxy groups -OCH3 is 2. The Kier molecular flexibility index (Phi) is 8.23. The molecule has 2 aromatic rings. The van der Waals surface area contributed by atoms with Crippen LogP contribution < -0.4 is 19.5 Å². The summed E-state index contributed by atoms with van der Waals surface area (Å²) in [5.41, 5.74) is 1.35. The molecule has 0 fully saturated rings. The molecular formula is C22H27NO4. The molecule has 0 unspecified atom stereocenters. The maximum Gasteiger partial charge on any atom is 0.251 e. The first-order valence-corrected chi connectivity index (χ1v) is 9.04. The average Bonchev–Trinajstić information content (AvgIpc) is 2.70. The Labute approximate surface area is 161 Å². The van der Waals surface area contributed by atoms with E-state index in [0.29, 0.717) is 30.2 Å². The van der Waals surface area contributed by atoms with Crippen LogP contribution in [-0.4, -0.2) is 33.3 Å². The number of ether oxygens (including phenoxy) is 3. The minimum absolute atomic E-state index is 0.134. The van der Waals surface area contributed by atoms with Crippen molar-refractivity contribution in [2.75, 3.05) is 27.4 Å². The van der Waals surface area contributed by atoms with E-state index in [1.165, 1.54) is 0 Å². The number of rotatable bonds is 10. The Morgan fingerprint density at radius 1 is 1.07 bits per heavy atom. The maximum absolute atomic E-state index is 12.5. The highest BCUT2D eigenvalue weighted by Crippen LogP contribution is 2.33. The number of carbonyl (C=O) groups is 1. The zero-order valence-electron chi connectivity index (χ0n) is 16.2. The van der Waals surface area contributed by atoms with Gasteiger partial charge < -0.3 is 19.5 Å². The third-order valence-corrected chi connectivity index (χ3v) is 3.98. The van der Waals surface area contributed by atoms with Crippen LogP contribution in [0.1, 0.15) is 35.7 Å². The number of hydrogen-bond donors (Lipinski definition) is 1. The number of para-hydroxylation sites is 1. The van der Waals surface area contributed by atoms with E-state index in [1.54, 1.807) is 26.4 Å². The van der Waals surface area contributed by atoms with E-state index in [-0.39, 0.29) is 5.91 Å². The lowest BCUT2D eigenvalue weighted by molar-refractivity contribution is 0.0952. The number of hydrogen-bond acceptors (Lipinski definition) is 4. The lowest BCUT2D eigenvalue weighted by Gasteiger charge is -2.13. The van der Waals surface area contributed by atoms with Gasteiger partial charge in [0.05, 0.1) is 20.8 Å². The van der Waals surface area contributed by atoms with Crippen LogP contribution in [0, 0.1) is 0 Å². The van der Waals surface area contributed by atoms with Crippen molar-refractivity contribution in [2.24, 2.45) is 0 Å². The van der Waals surface area contributed by atoms with Crippen LogP contribution >= 0.6 is 0 Å². The van der Waals surface area contributed by atoms with Crippen molar-refractivity contribution in [1.82, 2.24) is 5.32 Å². The second-order valence-electron chi connectivity index (χ2n) is 5.93. The number of unbranched alkanes of at least 4 members (excludes halogenated alkanes) is 1. The second-order valence-corrected chi connectivity index (χ2v) is 5.93.